The zero-order valence-corrected chi connectivity index (χ0v) is 13.5. The van der Waals surface area contributed by atoms with E-state index in [1.165, 1.54) is 10.5 Å². The number of pyridine rings is 1. The molecule has 0 spiro atoms. The molecule has 1 N–H and O–H groups in total. The highest BCUT2D eigenvalue weighted by Crippen LogP contribution is 2.31. The molecule has 2 aromatic rings. The zero-order chi connectivity index (χ0) is 13.7. The second-order valence-electron chi connectivity index (χ2n) is 4.57. The highest BCUT2D eigenvalue weighted by molar-refractivity contribution is 9.10. The van der Waals surface area contributed by atoms with E-state index in [9.17, 15) is 0 Å². The van der Waals surface area contributed by atoms with Crippen LogP contribution in [0.2, 0.25) is 0 Å². The molecule has 100 valence electrons. The van der Waals surface area contributed by atoms with Crippen LogP contribution in [0.5, 0.6) is 0 Å². The summed E-state index contributed by atoms with van der Waals surface area (Å²) in [5, 5.41) is 4.41. The Morgan fingerprint density at radius 1 is 1.21 bits per heavy atom. The minimum absolute atomic E-state index is 0.513. The molecule has 2 nitrogen and oxygen atoms in total. The summed E-state index contributed by atoms with van der Waals surface area (Å²) in [6.45, 7) is 5.22. The highest BCUT2D eigenvalue weighted by atomic mass is 79.9. The molecule has 0 aliphatic rings. The number of aromatic nitrogens is 1. The summed E-state index contributed by atoms with van der Waals surface area (Å²) in [7, 11) is 0. The van der Waals surface area contributed by atoms with E-state index in [4.69, 9.17) is 0 Å². The summed E-state index contributed by atoms with van der Waals surface area (Å²) >= 11 is 5.18. The Labute approximate surface area is 127 Å². The molecule has 0 amide bonds. The molecule has 0 unspecified atom stereocenters. The van der Waals surface area contributed by atoms with Crippen molar-refractivity contribution in [3.05, 3.63) is 52.6 Å². The first-order chi connectivity index (χ1) is 9.15. The van der Waals surface area contributed by atoms with Crippen LogP contribution in [0.15, 0.2) is 57.0 Å². The summed E-state index contributed by atoms with van der Waals surface area (Å²) in [5.41, 5.74) is 1.30. The summed E-state index contributed by atoms with van der Waals surface area (Å²) in [6.07, 6.45) is 1.81. The third kappa shape index (κ3) is 4.64. The number of benzene rings is 1. The Morgan fingerprint density at radius 2 is 1.95 bits per heavy atom. The minimum atomic E-state index is 0.513. The van der Waals surface area contributed by atoms with Crippen LogP contribution in [-0.4, -0.2) is 11.0 Å². The standard InChI is InChI=1S/C15H17BrN2S/c1-11(2)18-10-12-5-7-13(8-6-12)19-15-14(16)4-3-9-17-15/h3-9,11,18H,10H2,1-2H3. The number of nitrogens with zero attached hydrogens (tertiary/aromatic N) is 1. The first kappa shape index (κ1) is 14.6. The highest BCUT2D eigenvalue weighted by Gasteiger charge is 2.03. The van der Waals surface area contributed by atoms with Crippen LogP contribution >= 0.6 is 27.7 Å². The van der Waals surface area contributed by atoms with Crippen LogP contribution in [0, 0.1) is 0 Å². The van der Waals surface area contributed by atoms with Crippen molar-refractivity contribution >= 4 is 27.7 Å². The van der Waals surface area contributed by atoms with E-state index < -0.39 is 0 Å². The van der Waals surface area contributed by atoms with Crippen LogP contribution in [0.1, 0.15) is 19.4 Å². The molecule has 0 saturated carbocycles. The lowest BCUT2D eigenvalue weighted by molar-refractivity contribution is 0.588. The largest absolute Gasteiger partial charge is 0.310 e. The Hall–Kier alpha value is -0.840. The third-order valence-electron chi connectivity index (χ3n) is 2.58. The fourth-order valence-electron chi connectivity index (χ4n) is 1.56. The van der Waals surface area contributed by atoms with E-state index in [1.54, 1.807) is 11.8 Å². The lowest BCUT2D eigenvalue weighted by Crippen LogP contribution is -2.21. The maximum Gasteiger partial charge on any atom is 0.115 e. The van der Waals surface area contributed by atoms with Crippen molar-refractivity contribution in [2.45, 2.75) is 36.4 Å². The van der Waals surface area contributed by atoms with Gasteiger partial charge in [-0.15, -0.1) is 0 Å². The van der Waals surface area contributed by atoms with Gasteiger partial charge in [0.15, 0.2) is 0 Å². The van der Waals surface area contributed by atoms with Crippen molar-refractivity contribution in [2.24, 2.45) is 0 Å². The van der Waals surface area contributed by atoms with Crippen molar-refractivity contribution in [3.63, 3.8) is 0 Å². The summed E-state index contributed by atoms with van der Waals surface area (Å²) in [6, 6.07) is 13.1. The van der Waals surface area contributed by atoms with Crippen LogP contribution in [0.3, 0.4) is 0 Å². The number of rotatable bonds is 5. The topological polar surface area (TPSA) is 24.9 Å². The Balaban J connectivity index is 2.01. The number of nitrogens with one attached hydrogen (secondary N) is 1. The Kier molecular flexibility index (Phi) is 5.43. The number of hydrogen-bond donors (Lipinski definition) is 1. The smallest absolute Gasteiger partial charge is 0.115 e. The SMILES string of the molecule is CC(C)NCc1ccc(Sc2ncccc2Br)cc1. The molecule has 1 aromatic carbocycles. The monoisotopic (exact) mass is 336 g/mol. The molecular weight excluding hydrogens is 320 g/mol. The second-order valence-corrected chi connectivity index (χ2v) is 6.49. The minimum Gasteiger partial charge on any atom is -0.310 e. The fourth-order valence-corrected chi connectivity index (χ4v) is 2.83. The molecule has 0 saturated heterocycles. The van der Waals surface area contributed by atoms with Crippen molar-refractivity contribution in [2.75, 3.05) is 0 Å². The lowest BCUT2D eigenvalue weighted by atomic mass is 10.2. The van der Waals surface area contributed by atoms with Gasteiger partial charge in [0.2, 0.25) is 0 Å². The second kappa shape index (κ2) is 7.08. The quantitative estimate of drug-likeness (QED) is 0.870. The lowest BCUT2D eigenvalue weighted by Gasteiger charge is -2.08. The van der Waals surface area contributed by atoms with E-state index >= 15 is 0 Å². The molecule has 0 bridgehead atoms. The van der Waals surface area contributed by atoms with Gasteiger partial charge >= 0.3 is 0 Å². The van der Waals surface area contributed by atoms with Gasteiger partial charge in [0.1, 0.15) is 5.03 Å². The maximum atomic E-state index is 4.36. The van der Waals surface area contributed by atoms with Gasteiger partial charge in [0, 0.05) is 23.7 Å². The molecule has 1 aromatic heterocycles. The van der Waals surface area contributed by atoms with E-state index in [2.05, 4.69) is 64.3 Å². The van der Waals surface area contributed by atoms with Gasteiger partial charge in [-0.1, -0.05) is 37.7 Å². The molecular formula is C15H17BrN2S. The van der Waals surface area contributed by atoms with Gasteiger partial charge in [-0.05, 0) is 45.8 Å². The molecule has 0 atom stereocenters. The predicted octanol–water partition coefficient (Wildman–Crippen LogP) is 4.49. The molecule has 4 heteroatoms. The predicted molar refractivity (Wildman–Crippen MR) is 84.5 cm³/mol. The van der Waals surface area contributed by atoms with Gasteiger partial charge in [-0.2, -0.15) is 0 Å². The van der Waals surface area contributed by atoms with E-state index in [-0.39, 0.29) is 0 Å². The van der Waals surface area contributed by atoms with Gasteiger partial charge in [-0.3, -0.25) is 0 Å². The van der Waals surface area contributed by atoms with Gasteiger partial charge < -0.3 is 5.32 Å². The molecule has 0 fully saturated rings. The number of halogens is 1. The van der Waals surface area contributed by atoms with Gasteiger partial charge in [0.05, 0.1) is 4.47 Å². The average molecular weight is 337 g/mol. The average Bonchev–Trinajstić information content (AvgIpc) is 2.40. The molecule has 19 heavy (non-hydrogen) atoms. The van der Waals surface area contributed by atoms with Gasteiger partial charge in [0.25, 0.3) is 0 Å². The van der Waals surface area contributed by atoms with Crippen LogP contribution in [0.4, 0.5) is 0 Å². The van der Waals surface area contributed by atoms with Crippen molar-refractivity contribution < 1.29 is 0 Å². The van der Waals surface area contributed by atoms with E-state index in [0.29, 0.717) is 6.04 Å². The fraction of sp³-hybridized carbons (Fsp3) is 0.267. The van der Waals surface area contributed by atoms with Crippen LogP contribution in [0.25, 0.3) is 0 Å². The summed E-state index contributed by atoms with van der Waals surface area (Å²) in [4.78, 5) is 5.56. The molecule has 2 rings (SSSR count). The molecule has 0 aliphatic heterocycles. The first-order valence-corrected chi connectivity index (χ1v) is 7.87. The van der Waals surface area contributed by atoms with Crippen molar-refractivity contribution in [1.29, 1.82) is 0 Å². The van der Waals surface area contributed by atoms with Crippen LogP contribution in [-0.2, 0) is 6.54 Å². The first-order valence-electron chi connectivity index (χ1n) is 6.26. The number of hydrogen-bond acceptors (Lipinski definition) is 3. The maximum absolute atomic E-state index is 4.36. The Morgan fingerprint density at radius 3 is 2.58 bits per heavy atom. The van der Waals surface area contributed by atoms with Crippen LogP contribution < -0.4 is 5.32 Å². The molecule has 0 radical (unpaired) electrons. The Bertz CT molecular complexity index is 526. The molecule has 0 aliphatic carbocycles. The molecule has 1 heterocycles. The zero-order valence-electron chi connectivity index (χ0n) is 11.1. The third-order valence-corrected chi connectivity index (χ3v) is 4.51. The van der Waals surface area contributed by atoms with Crippen molar-refractivity contribution in [3.8, 4) is 0 Å². The van der Waals surface area contributed by atoms with E-state index in [1.807, 2.05) is 18.3 Å². The van der Waals surface area contributed by atoms with E-state index in [0.717, 1.165) is 16.0 Å². The summed E-state index contributed by atoms with van der Waals surface area (Å²) < 4.78 is 1.03. The normalized spacial score (nSPS) is 10.9. The van der Waals surface area contributed by atoms with Gasteiger partial charge in [-0.25, -0.2) is 4.98 Å². The summed E-state index contributed by atoms with van der Waals surface area (Å²) in [5.74, 6) is 0. The van der Waals surface area contributed by atoms with Crippen molar-refractivity contribution in [1.82, 2.24) is 10.3 Å².